The van der Waals surface area contributed by atoms with E-state index >= 15 is 0 Å². The van der Waals surface area contributed by atoms with Crippen LogP contribution in [0.4, 0.5) is 0 Å². The molecule has 1 radical (unpaired) electrons. The molecule has 5 aromatic carbocycles. The van der Waals surface area contributed by atoms with Gasteiger partial charge in [0.2, 0.25) is 0 Å². The topological polar surface area (TPSA) is 56.7 Å². The summed E-state index contributed by atoms with van der Waals surface area (Å²) in [6.07, 6.45) is 1.79. The number of furan rings is 1. The van der Waals surface area contributed by atoms with Gasteiger partial charge in [0.15, 0.2) is 5.65 Å². The number of aryl methyl sites for hydroxylation is 1. The van der Waals surface area contributed by atoms with Crippen molar-refractivity contribution in [3.8, 4) is 39.6 Å². The van der Waals surface area contributed by atoms with E-state index in [2.05, 4.69) is 58.9 Å². The number of fused-ring (bicyclic) bond motifs is 4. The number of hydrogen-bond acceptors (Lipinski definition) is 4. The Bertz CT molecular complexity index is 2420. The normalized spacial score (nSPS) is 10.9. The summed E-state index contributed by atoms with van der Waals surface area (Å²) in [4.78, 5) is 14.3. The standard InChI is InChI=1S/C31H20N3O.C11H8N.Ir/c1-20-16-17-24(29-28(20)23-14-8-9-15-27(23)35-29)30-33-26-19-18-25(21-10-4-2-5-11-21)32-31(26)34(30)22-12-6-3-7-13-22;1-2-6-10(7-3-1)11-8-4-5-9-12-11;/h2-16,18-19H,1H3;1-6,8-9H;/q2*-1;. The van der Waals surface area contributed by atoms with Crippen molar-refractivity contribution >= 4 is 33.1 Å². The molecule has 0 unspecified atom stereocenters. The van der Waals surface area contributed by atoms with Gasteiger partial charge in [-0.3, -0.25) is 4.98 Å². The van der Waals surface area contributed by atoms with Crippen LogP contribution in [0.2, 0.25) is 0 Å². The second-order valence-corrected chi connectivity index (χ2v) is 11.2. The average Bonchev–Trinajstić information content (AvgIpc) is 3.73. The van der Waals surface area contributed by atoms with E-state index in [1.807, 2.05) is 115 Å². The maximum Gasteiger partial charge on any atom is 0.156 e. The minimum absolute atomic E-state index is 0. The Hall–Kier alpha value is -5.68. The molecule has 0 bridgehead atoms. The number of aromatic nitrogens is 4. The summed E-state index contributed by atoms with van der Waals surface area (Å²) < 4.78 is 8.50. The van der Waals surface area contributed by atoms with Crippen LogP contribution < -0.4 is 0 Å². The quantitative estimate of drug-likeness (QED) is 0.167. The molecule has 9 rings (SSSR count). The Morgan fingerprint density at radius 3 is 2.19 bits per heavy atom. The van der Waals surface area contributed by atoms with Crippen molar-refractivity contribution in [2.75, 3.05) is 0 Å². The molecule has 0 amide bonds. The van der Waals surface area contributed by atoms with E-state index in [4.69, 9.17) is 14.4 Å². The Morgan fingerprint density at radius 2 is 1.42 bits per heavy atom. The van der Waals surface area contributed by atoms with E-state index in [9.17, 15) is 0 Å². The summed E-state index contributed by atoms with van der Waals surface area (Å²) in [5, 5.41) is 2.20. The summed E-state index contributed by atoms with van der Waals surface area (Å²) in [5.41, 5.74) is 10.2. The number of hydrogen-bond donors (Lipinski definition) is 0. The van der Waals surface area contributed by atoms with Crippen molar-refractivity contribution in [3.63, 3.8) is 0 Å². The molecular formula is C42H28IrN4O-2. The molecular weight excluding hydrogens is 769 g/mol. The number of imidazole rings is 1. The van der Waals surface area contributed by atoms with Crippen LogP contribution >= 0.6 is 0 Å². The van der Waals surface area contributed by atoms with Crippen molar-refractivity contribution in [3.05, 3.63) is 169 Å². The number of pyridine rings is 2. The van der Waals surface area contributed by atoms with E-state index in [1.54, 1.807) is 6.20 Å². The molecule has 233 valence electrons. The van der Waals surface area contributed by atoms with Crippen LogP contribution in [-0.2, 0) is 20.1 Å². The monoisotopic (exact) mass is 797 g/mol. The van der Waals surface area contributed by atoms with Crippen LogP contribution in [0.5, 0.6) is 0 Å². The van der Waals surface area contributed by atoms with Crippen molar-refractivity contribution in [2.45, 2.75) is 6.92 Å². The van der Waals surface area contributed by atoms with Gasteiger partial charge >= 0.3 is 0 Å². The minimum Gasteiger partial charge on any atom is -0.501 e. The van der Waals surface area contributed by atoms with E-state index in [0.29, 0.717) is 0 Å². The zero-order valence-electron chi connectivity index (χ0n) is 26.0. The van der Waals surface area contributed by atoms with Gasteiger partial charge in [0.1, 0.15) is 5.58 Å². The third kappa shape index (κ3) is 5.84. The van der Waals surface area contributed by atoms with Gasteiger partial charge in [-0.05, 0) is 42.1 Å². The van der Waals surface area contributed by atoms with E-state index in [0.717, 1.165) is 78.3 Å². The molecule has 0 saturated heterocycles. The molecule has 9 aromatic rings. The maximum atomic E-state index is 6.39. The molecule has 0 aliphatic heterocycles. The first-order valence-electron chi connectivity index (χ1n) is 15.5. The molecule has 4 aromatic heterocycles. The molecule has 0 spiro atoms. The van der Waals surface area contributed by atoms with Crippen LogP contribution in [-0.4, -0.2) is 19.5 Å². The van der Waals surface area contributed by atoms with Crippen molar-refractivity contribution in [1.29, 1.82) is 0 Å². The van der Waals surface area contributed by atoms with Gasteiger partial charge in [-0.15, -0.1) is 53.6 Å². The fourth-order valence-corrected chi connectivity index (χ4v) is 5.89. The number of nitrogens with zero attached hydrogens (tertiary/aromatic N) is 4. The van der Waals surface area contributed by atoms with Crippen molar-refractivity contribution in [2.24, 2.45) is 0 Å². The smallest absolute Gasteiger partial charge is 0.156 e. The van der Waals surface area contributed by atoms with Crippen LogP contribution in [0.1, 0.15) is 5.56 Å². The molecule has 0 aliphatic rings. The summed E-state index contributed by atoms with van der Waals surface area (Å²) in [7, 11) is 0. The molecule has 0 saturated carbocycles. The Labute approximate surface area is 291 Å². The molecule has 0 atom stereocenters. The van der Waals surface area contributed by atoms with Crippen LogP contribution in [0.15, 0.2) is 156 Å². The van der Waals surface area contributed by atoms with Gasteiger partial charge in [-0.1, -0.05) is 96.7 Å². The van der Waals surface area contributed by atoms with Gasteiger partial charge in [0, 0.05) is 42.9 Å². The fraction of sp³-hybridized carbons (Fsp3) is 0.0238. The first kappa shape index (κ1) is 30.9. The van der Waals surface area contributed by atoms with Gasteiger partial charge in [0.25, 0.3) is 0 Å². The second kappa shape index (κ2) is 13.6. The Kier molecular flexibility index (Phi) is 8.76. The van der Waals surface area contributed by atoms with E-state index in [1.165, 1.54) is 0 Å². The van der Waals surface area contributed by atoms with E-state index in [-0.39, 0.29) is 20.1 Å². The molecule has 48 heavy (non-hydrogen) atoms. The van der Waals surface area contributed by atoms with Gasteiger partial charge < -0.3 is 14.0 Å². The van der Waals surface area contributed by atoms with Gasteiger partial charge in [0.05, 0.1) is 22.6 Å². The zero-order valence-corrected chi connectivity index (χ0v) is 28.4. The van der Waals surface area contributed by atoms with Crippen molar-refractivity contribution < 1.29 is 24.5 Å². The Balaban J connectivity index is 0.000000237. The first-order chi connectivity index (χ1) is 23.2. The van der Waals surface area contributed by atoms with Crippen molar-refractivity contribution in [1.82, 2.24) is 19.5 Å². The summed E-state index contributed by atoms with van der Waals surface area (Å²) in [6.45, 7) is 2.10. The Morgan fingerprint density at radius 1 is 0.667 bits per heavy atom. The van der Waals surface area contributed by atoms with E-state index < -0.39 is 0 Å². The van der Waals surface area contributed by atoms with Crippen LogP contribution in [0.3, 0.4) is 0 Å². The summed E-state index contributed by atoms with van der Waals surface area (Å²) in [5.74, 6) is 0.757. The first-order valence-corrected chi connectivity index (χ1v) is 15.5. The molecule has 4 heterocycles. The number of para-hydroxylation sites is 2. The fourth-order valence-electron chi connectivity index (χ4n) is 5.89. The number of rotatable bonds is 4. The maximum absolute atomic E-state index is 6.39. The largest absolute Gasteiger partial charge is 0.501 e. The SMILES string of the molecule is Cc1c[c-]c(-c2nc3ccc(-c4ccccc4)nc3n2-c2ccccc2)c2oc3ccccc3c12.[Ir].[c-]1ccccc1-c1ccccn1. The predicted octanol–water partition coefficient (Wildman–Crippen LogP) is 10.3. The molecule has 0 aliphatic carbocycles. The van der Waals surface area contributed by atoms with Crippen LogP contribution in [0, 0.1) is 19.1 Å². The molecule has 0 N–H and O–H groups in total. The minimum atomic E-state index is 0. The molecule has 6 heteroatoms. The van der Waals surface area contributed by atoms with Gasteiger partial charge in [-0.2, -0.15) is 0 Å². The summed E-state index contributed by atoms with van der Waals surface area (Å²) >= 11 is 0. The average molecular weight is 797 g/mol. The summed E-state index contributed by atoms with van der Waals surface area (Å²) in [6, 6.07) is 55.0. The third-order valence-corrected chi connectivity index (χ3v) is 8.11. The second-order valence-electron chi connectivity index (χ2n) is 11.2. The number of benzene rings is 5. The predicted molar refractivity (Wildman–Crippen MR) is 189 cm³/mol. The molecule has 0 fully saturated rings. The third-order valence-electron chi connectivity index (χ3n) is 8.11. The van der Waals surface area contributed by atoms with Crippen LogP contribution in [0.25, 0.3) is 72.7 Å². The van der Waals surface area contributed by atoms with Gasteiger partial charge in [-0.25, -0.2) is 4.98 Å². The zero-order chi connectivity index (χ0) is 31.6. The molecule has 5 nitrogen and oxygen atoms in total.